The Labute approximate surface area is 130 Å². The van der Waals surface area contributed by atoms with Gasteiger partial charge in [0.25, 0.3) is 0 Å². The zero-order valence-electron chi connectivity index (χ0n) is 12.6. The molecule has 2 nitrogen and oxygen atoms in total. The molecule has 0 aliphatic carbocycles. The first kappa shape index (κ1) is 13.0. The number of hydrogen-bond donors (Lipinski definition) is 1. The fraction of sp³-hybridized carbons (Fsp3) is 0.100. The van der Waals surface area contributed by atoms with Crippen molar-refractivity contribution in [2.24, 2.45) is 0 Å². The average molecular weight is 286 g/mol. The first-order valence-corrected chi connectivity index (χ1v) is 7.71. The summed E-state index contributed by atoms with van der Waals surface area (Å²) in [6.07, 6.45) is 0. The van der Waals surface area contributed by atoms with Crippen LogP contribution < -0.4 is 5.32 Å². The molecular formula is C20H18N2. The van der Waals surface area contributed by atoms with Crippen molar-refractivity contribution in [2.75, 3.05) is 11.9 Å². The van der Waals surface area contributed by atoms with Crippen LogP contribution in [0.2, 0.25) is 0 Å². The highest BCUT2D eigenvalue weighted by Crippen LogP contribution is 2.33. The maximum atomic E-state index is 3.40. The third-order valence-electron chi connectivity index (χ3n) is 4.07. The lowest BCUT2D eigenvalue weighted by atomic mass is 10.1. The molecule has 1 N–H and O–H groups in total. The molecule has 0 atom stereocenters. The first-order valence-electron chi connectivity index (χ1n) is 7.71. The average Bonchev–Trinajstić information content (AvgIpc) is 2.90. The maximum absolute atomic E-state index is 3.40. The molecule has 4 aromatic rings. The monoisotopic (exact) mass is 286 g/mol. The quantitative estimate of drug-likeness (QED) is 0.546. The van der Waals surface area contributed by atoms with Crippen LogP contribution in [0.1, 0.15) is 6.92 Å². The largest absolute Gasteiger partial charge is 0.385 e. The lowest BCUT2D eigenvalue weighted by Gasteiger charge is -2.08. The molecule has 0 bridgehead atoms. The van der Waals surface area contributed by atoms with E-state index < -0.39 is 0 Å². The van der Waals surface area contributed by atoms with E-state index in [-0.39, 0.29) is 0 Å². The summed E-state index contributed by atoms with van der Waals surface area (Å²) in [7, 11) is 0. The molecule has 108 valence electrons. The van der Waals surface area contributed by atoms with Gasteiger partial charge in [-0.3, -0.25) is 0 Å². The summed E-state index contributed by atoms with van der Waals surface area (Å²) in [5.74, 6) is 0. The van der Waals surface area contributed by atoms with Crippen molar-refractivity contribution in [3.63, 3.8) is 0 Å². The number of hydrogen-bond acceptors (Lipinski definition) is 1. The van der Waals surface area contributed by atoms with Crippen molar-refractivity contribution in [2.45, 2.75) is 6.92 Å². The lowest BCUT2D eigenvalue weighted by molar-refractivity contribution is 1.18. The highest BCUT2D eigenvalue weighted by molar-refractivity contribution is 6.10. The summed E-state index contributed by atoms with van der Waals surface area (Å²) in [6, 6.07) is 25.8. The van der Waals surface area contributed by atoms with Crippen LogP contribution in [0.25, 0.3) is 27.5 Å². The molecule has 0 saturated heterocycles. The molecule has 0 fully saturated rings. The van der Waals surface area contributed by atoms with Crippen LogP contribution in [0.3, 0.4) is 0 Å². The van der Waals surface area contributed by atoms with E-state index in [4.69, 9.17) is 0 Å². The number of para-hydroxylation sites is 2. The maximum Gasteiger partial charge on any atom is 0.0542 e. The molecule has 0 radical (unpaired) electrons. The smallest absolute Gasteiger partial charge is 0.0542 e. The highest BCUT2D eigenvalue weighted by Gasteiger charge is 2.11. The molecular weight excluding hydrogens is 268 g/mol. The van der Waals surface area contributed by atoms with Crippen molar-refractivity contribution >= 4 is 27.5 Å². The molecule has 0 spiro atoms. The van der Waals surface area contributed by atoms with Crippen molar-refractivity contribution in [1.82, 2.24) is 4.57 Å². The first-order chi connectivity index (χ1) is 10.9. The van der Waals surface area contributed by atoms with Gasteiger partial charge in [-0.1, -0.05) is 36.4 Å². The number of fused-ring (bicyclic) bond motifs is 3. The van der Waals surface area contributed by atoms with Crippen molar-refractivity contribution in [3.05, 3.63) is 72.8 Å². The number of nitrogens with zero attached hydrogens (tertiary/aromatic N) is 1. The summed E-state index contributed by atoms with van der Waals surface area (Å²) in [5.41, 5.74) is 4.86. The minimum absolute atomic E-state index is 0.933. The van der Waals surface area contributed by atoms with E-state index in [1.165, 1.54) is 33.2 Å². The SMILES string of the molecule is CCNc1ccc2c(c1)c1ccccc1n2-c1ccccc1. The van der Waals surface area contributed by atoms with E-state index in [9.17, 15) is 0 Å². The van der Waals surface area contributed by atoms with Crippen molar-refractivity contribution in [1.29, 1.82) is 0 Å². The van der Waals surface area contributed by atoms with Crippen LogP contribution in [0, 0.1) is 0 Å². The van der Waals surface area contributed by atoms with Gasteiger partial charge < -0.3 is 9.88 Å². The van der Waals surface area contributed by atoms with E-state index in [1.54, 1.807) is 0 Å². The number of anilines is 1. The van der Waals surface area contributed by atoms with Gasteiger partial charge in [0.15, 0.2) is 0 Å². The van der Waals surface area contributed by atoms with Gasteiger partial charge in [-0.15, -0.1) is 0 Å². The molecule has 1 aromatic heterocycles. The Morgan fingerprint density at radius 3 is 2.32 bits per heavy atom. The topological polar surface area (TPSA) is 17.0 Å². The predicted molar refractivity (Wildman–Crippen MR) is 94.9 cm³/mol. The van der Waals surface area contributed by atoms with Gasteiger partial charge >= 0.3 is 0 Å². The number of aromatic nitrogens is 1. The predicted octanol–water partition coefficient (Wildman–Crippen LogP) is 5.22. The molecule has 1 heterocycles. The fourth-order valence-electron chi connectivity index (χ4n) is 3.14. The number of benzene rings is 3. The fourth-order valence-corrected chi connectivity index (χ4v) is 3.14. The minimum atomic E-state index is 0.933. The van der Waals surface area contributed by atoms with Crippen molar-refractivity contribution < 1.29 is 0 Å². The van der Waals surface area contributed by atoms with Crippen LogP contribution in [-0.4, -0.2) is 11.1 Å². The minimum Gasteiger partial charge on any atom is -0.385 e. The van der Waals surface area contributed by atoms with E-state index in [1.807, 2.05) is 0 Å². The highest BCUT2D eigenvalue weighted by atomic mass is 15.0. The standard InChI is InChI=1S/C20H18N2/c1-2-21-15-12-13-20-18(14-15)17-10-6-7-11-19(17)22(20)16-8-4-3-5-9-16/h3-14,21H,2H2,1H3. The molecule has 0 amide bonds. The Bertz CT molecular complexity index is 936. The summed E-state index contributed by atoms with van der Waals surface area (Å²) in [4.78, 5) is 0. The Morgan fingerprint density at radius 1 is 0.773 bits per heavy atom. The number of rotatable bonds is 3. The van der Waals surface area contributed by atoms with Gasteiger partial charge in [0, 0.05) is 28.7 Å². The van der Waals surface area contributed by atoms with Gasteiger partial charge in [-0.2, -0.15) is 0 Å². The summed E-state index contributed by atoms with van der Waals surface area (Å²) in [5, 5.41) is 5.99. The second kappa shape index (κ2) is 5.23. The molecule has 3 aromatic carbocycles. The summed E-state index contributed by atoms with van der Waals surface area (Å²) < 4.78 is 2.33. The summed E-state index contributed by atoms with van der Waals surface area (Å²) >= 11 is 0. The zero-order valence-corrected chi connectivity index (χ0v) is 12.6. The normalized spacial score (nSPS) is 11.1. The van der Waals surface area contributed by atoms with Gasteiger partial charge in [0.1, 0.15) is 0 Å². The zero-order chi connectivity index (χ0) is 14.9. The lowest BCUT2D eigenvalue weighted by Crippen LogP contribution is -1.96. The molecule has 0 unspecified atom stereocenters. The van der Waals surface area contributed by atoms with Gasteiger partial charge in [-0.25, -0.2) is 0 Å². The Kier molecular flexibility index (Phi) is 3.08. The van der Waals surface area contributed by atoms with Crippen molar-refractivity contribution in [3.8, 4) is 5.69 Å². The van der Waals surface area contributed by atoms with Crippen LogP contribution in [0.4, 0.5) is 5.69 Å². The van der Waals surface area contributed by atoms with Crippen LogP contribution in [-0.2, 0) is 0 Å². The van der Waals surface area contributed by atoms with E-state index in [0.29, 0.717) is 0 Å². The van der Waals surface area contributed by atoms with Crippen LogP contribution >= 0.6 is 0 Å². The molecule has 4 rings (SSSR count). The molecule has 0 saturated carbocycles. The van der Waals surface area contributed by atoms with Gasteiger partial charge in [0.2, 0.25) is 0 Å². The van der Waals surface area contributed by atoms with Gasteiger partial charge in [0.05, 0.1) is 11.0 Å². The van der Waals surface area contributed by atoms with Gasteiger partial charge in [-0.05, 0) is 43.3 Å². The summed E-state index contributed by atoms with van der Waals surface area (Å²) in [6.45, 7) is 3.06. The molecule has 22 heavy (non-hydrogen) atoms. The number of nitrogens with one attached hydrogen (secondary N) is 1. The van der Waals surface area contributed by atoms with E-state index >= 15 is 0 Å². The van der Waals surface area contributed by atoms with E-state index in [0.717, 1.165) is 6.54 Å². The Morgan fingerprint density at radius 2 is 1.50 bits per heavy atom. The Balaban J connectivity index is 2.10. The second-order valence-corrected chi connectivity index (χ2v) is 5.45. The van der Waals surface area contributed by atoms with Crippen LogP contribution in [0.5, 0.6) is 0 Å². The Hall–Kier alpha value is -2.74. The third-order valence-corrected chi connectivity index (χ3v) is 4.07. The van der Waals surface area contributed by atoms with Crippen LogP contribution in [0.15, 0.2) is 72.8 Å². The van der Waals surface area contributed by atoms with E-state index in [2.05, 4.69) is 89.6 Å². The second-order valence-electron chi connectivity index (χ2n) is 5.45. The third kappa shape index (κ3) is 1.96. The molecule has 2 heteroatoms. The molecule has 0 aliphatic heterocycles. The molecule has 0 aliphatic rings.